The van der Waals surface area contributed by atoms with E-state index < -0.39 is 6.10 Å². The Morgan fingerprint density at radius 3 is 2.71 bits per heavy atom. The third-order valence-corrected chi connectivity index (χ3v) is 4.05. The van der Waals surface area contributed by atoms with E-state index in [9.17, 15) is 4.79 Å². The number of nitrogens with zero attached hydrogens (tertiary/aromatic N) is 2. The lowest BCUT2D eigenvalue weighted by molar-refractivity contribution is -0.138. The van der Waals surface area contributed by atoms with Crippen LogP contribution in [0.3, 0.4) is 0 Å². The summed E-state index contributed by atoms with van der Waals surface area (Å²) in [6, 6.07) is 15.0. The van der Waals surface area contributed by atoms with E-state index in [1.54, 1.807) is 31.1 Å². The van der Waals surface area contributed by atoms with Gasteiger partial charge in [-0.05, 0) is 36.8 Å². The second kappa shape index (κ2) is 6.63. The van der Waals surface area contributed by atoms with Crippen molar-refractivity contribution in [3.05, 3.63) is 59.2 Å². The number of hydrogen-bond donors (Lipinski definition) is 0. The predicted molar refractivity (Wildman–Crippen MR) is 88.5 cm³/mol. The zero-order valence-corrected chi connectivity index (χ0v) is 13.7. The summed E-state index contributed by atoms with van der Waals surface area (Å²) in [6.45, 7) is 2.68. The lowest BCUT2D eigenvalue weighted by Crippen LogP contribution is -2.37. The first-order valence-electron chi connectivity index (χ1n) is 7.72. The minimum atomic E-state index is -0.585. The van der Waals surface area contributed by atoms with Crippen molar-refractivity contribution in [2.45, 2.75) is 26.1 Å². The number of carbonyl (C=O) groups excluding carboxylic acids is 1. The van der Waals surface area contributed by atoms with E-state index >= 15 is 0 Å². The number of ether oxygens (including phenoxy) is 2. The van der Waals surface area contributed by atoms with Gasteiger partial charge in [0.1, 0.15) is 11.5 Å². The summed E-state index contributed by atoms with van der Waals surface area (Å²) in [7, 11) is 1.62. The molecule has 1 unspecified atom stereocenters. The van der Waals surface area contributed by atoms with Crippen LogP contribution in [0.15, 0.2) is 42.5 Å². The molecular formula is C19H18N2O3. The summed E-state index contributed by atoms with van der Waals surface area (Å²) in [6.07, 6.45) is -0.585. The zero-order chi connectivity index (χ0) is 17.1. The number of nitriles is 1. The van der Waals surface area contributed by atoms with Crippen molar-refractivity contribution in [2.75, 3.05) is 7.11 Å². The maximum absolute atomic E-state index is 12.6. The molecule has 0 spiro atoms. The van der Waals surface area contributed by atoms with E-state index in [4.69, 9.17) is 14.7 Å². The van der Waals surface area contributed by atoms with Crippen LogP contribution in [0, 0.1) is 11.3 Å². The van der Waals surface area contributed by atoms with Crippen molar-refractivity contribution in [1.82, 2.24) is 4.90 Å². The van der Waals surface area contributed by atoms with Gasteiger partial charge in [0.25, 0.3) is 5.91 Å². The third-order valence-electron chi connectivity index (χ3n) is 4.05. The maximum Gasteiger partial charge on any atom is 0.263 e. The van der Waals surface area contributed by atoms with Gasteiger partial charge in [-0.2, -0.15) is 5.26 Å². The van der Waals surface area contributed by atoms with Gasteiger partial charge < -0.3 is 14.4 Å². The van der Waals surface area contributed by atoms with Crippen LogP contribution < -0.4 is 9.47 Å². The maximum atomic E-state index is 12.6. The fraction of sp³-hybridized carbons (Fsp3) is 0.263. The van der Waals surface area contributed by atoms with E-state index in [1.807, 2.05) is 30.3 Å². The van der Waals surface area contributed by atoms with Crippen LogP contribution in [0.2, 0.25) is 0 Å². The largest absolute Gasteiger partial charge is 0.497 e. The SMILES string of the molecule is COc1ccc(CN2Cc3ccc(C#N)cc3OC(C)C2=O)cc1. The monoisotopic (exact) mass is 322 g/mol. The smallest absolute Gasteiger partial charge is 0.263 e. The van der Waals surface area contributed by atoms with Gasteiger partial charge in [0, 0.05) is 18.7 Å². The average molecular weight is 322 g/mol. The normalized spacial score (nSPS) is 16.6. The van der Waals surface area contributed by atoms with Gasteiger partial charge in [-0.3, -0.25) is 4.79 Å². The van der Waals surface area contributed by atoms with Crippen molar-refractivity contribution < 1.29 is 14.3 Å². The molecule has 0 fully saturated rings. The first-order chi connectivity index (χ1) is 11.6. The second-order valence-corrected chi connectivity index (χ2v) is 5.74. The Labute approximate surface area is 141 Å². The molecule has 0 radical (unpaired) electrons. The standard InChI is InChI=1S/C19H18N2O3/c1-13-19(22)21(11-14-4-7-17(23-2)8-5-14)12-16-6-3-15(10-20)9-18(16)24-13/h3-9,13H,11-12H2,1-2H3. The second-order valence-electron chi connectivity index (χ2n) is 5.74. The summed E-state index contributed by atoms with van der Waals surface area (Å²) in [5.74, 6) is 1.32. The predicted octanol–water partition coefficient (Wildman–Crippen LogP) is 2.88. The van der Waals surface area contributed by atoms with E-state index in [-0.39, 0.29) is 5.91 Å². The van der Waals surface area contributed by atoms with Crippen molar-refractivity contribution in [2.24, 2.45) is 0 Å². The summed E-state index contributed by atoms with van der Waals surface area (Å²) < 4.78 is 10.9. The van der Waals surface area contributed by atoms with E-state index in [2.05, 4.69) is 6.07 Å². The highest BCUT2D eigenvalue weighted by molar-refractivity contribution is 5.81. The molecule has 1 atom stereocenters. The molecule has 1 heterocycles. The van der Waals surface area contributed by atoms with Crippen LogP contribution in [0.1, 0.15) is 23.6 Å². The number of methoxy groups -OCH3 is 1. The topological polar surface area (TPSA) is 62.6 Å². The molecule has 0 aliphatic carbocycles. The Balaban J connectivity index is 1.86. The molecule has 3 rings (SSSR count). The van der Waals surface area contributed by atoms with Crippen molar-refractivity contribution in [1.29, 1.82) is 5.26 Å². The number of hydrogen-bond acceptors (Lipinski definition) is 4. The number of benzene rings is 2. The van der Waals surface area contributed by atoms with Crippen molar-refractivity contribution in [3.63, 3.8) is 0 Å². The average Bonchev–Trinajstić information content (AvgIpc) is 2.72. The summed E-state index contributed by atoms with van der Waals surface area (Å²) in [4.78, 5) is 14.4. The van der Waals surface area contributed by atoms with E-state index in [1.165, 1.54) is 0 Å². The van der Waals surface area contributed by atoms with Crippen LogP contribution in [-0.2, 0) is 17.9 Å². The molecule has 2 aromatic rings. The first kappa shape index (κ1) is 15.9. The molecule has 2 aromatic carbocycles. The van der Waals surface area contributed by atoms with Crippen LogP contribution in [-0.4, -0.2) is 24.0 Å². The Bertz CT molecular complexity index is 793. The highest BCUT2D eigenvalue weighted by Gasteiger charge is 2.28. The van der Waals surface area contributed by atoms with Gasteiger partial charge >= 0.3 is 0 Å². The molecule has 0 saturated carbocycles. The highest BCUT2D eigenvalue weighted by Crippen LogP contribution is 2.28. The Kier molecular flexibility index (Phi) is 4.39. The quantitative estimate of drug-likeness (QED) is 0.872. The number of carbonyl (C=O) groups is 1. The Morgan fingerprint density at radius 2 is 2.04 bits per heavy atom. The summed E-state index contributed by atoms with van der Waals surface area (Å²) in [5, 5.41) is 9.02. The van der Waals surface area contributed by atoms with Gasteiger partial charge in [0.15, 0.2) is 6.10 Å². The minimum Gasteiger partial charge on any atom is -0.497 e. The minimum absolute atomic E-state index is 0.0690. The fourth-order valence-electron chi connectivity index (χ4n) is 2.73. The van der Waals surface area contributed by atoms with E-state index in [0.29, 0.717) is 24.4 Å². The van der Waals surface area contributed by atoms with Gasteiger partial charge in [-0.15, -0.1) is 0 Å². The Hall–Kier alpha value is -3.00. The molecule has 24 heavy (non-hydrogen) atoms. The molecule has 5 heteroatoms. The van der Waals surface area contributed by atoms with Gasteiger partial charge in [-0.1, -0.05) is 18.2 Å². The molecule has 0 N–H and O–H groups in total. The third kappa shape index (κ3) is 3.18. The van der Waals surface area contributed by atoms with Gasteiger partial charge in [-0.25, -0.2) is 0 Å². The number of fused-ring (bicyclic) bond motifs is 1. The van der Waals surface area contributed by atoms with Crippen LogP contribution in [0.4, 0.5) is 0 Å². The van der Waals surface area contributed by atoms with Crippen LogP contribution in [0.25, 0.3) is 0 Å². The molecule has 0 bridgehead atoms. The molecule has 1 aliphatic heterocycles. The Morgan fingerprint density at radius 1 is 1.29 bits per heavy atom. The molecule has 1 amide bonds. The summed E-state index contributed by atoms with van der Waals surface area (Å²) in [5.41, 5.74) is 2.45. The molecular weight excluding hydrogens is 304 g/mol. The fourth-order valence-corrected chi connectivity index (χ4v) is 2.73. The number of amides is 1. The highest BCUT2D eigenvalue weighted by atomic mass is 16.5. The zero-order valence-electron chi connectivity index (χ0n) is 13.7. The molecule has 0 saturated heterocycles. The lowest BCUT2D eigenvalue weighted by Gasteiger charge is -2.22. The van der Waals surface area contributed by atoms with Crippen molar-refractivity contribution in [3.8, 4) is 17.6 Å². The molecule has 5 nitrogen and oxygen atoms in total. The van der Waals surface area contributed by atoms with Gasteiger partial charge in [0.05, 0.1) is 18.7 Å². The molecule has 0 aromatic heterocycles. The van der Waals surface area contributed by atoms with Gasteiger partial charge in [0.2, 0.25) is 0 Å². The number of rotatable bonds is 3. The first-order valence-corrected chi connectivity index (χ1v) is 7.72. The van der Waals surface area contributed by atoms with Crippen molar-refractivity contribution >= 4 is 5.91 Å². The van der Waals surface area contributed by atoms with Crippen LogP contribution >= 0.6 is 0 Å². The summed E-state index contributed by atoms with van der Waals surface area (Å²) >= 11 is 0. The van der Waals surface area contributed by atoms with Crippen LogP contribution in [0.5, 0.6) is 11.5 Å². The lowest BCUT2D eigenvalue weighted by atomic mass is 10.1. The molecule has 1 aliphatic rings. The van der Waals surface area contributed by atoms with E-state index in [0.717, 1.165) is 16.9 Å². The molecule has 122 valence electrons.